The van der Waals surface area contributed by atoms with Gasteiger partial charge in [0.25, 0.3) is 0 Å². The van der Waals surface area contributed by atoms with Crippen LogP contribution in [-0.4, -0.2) is 13.1 Å². The first-order valence-electron chi connectivity index (χ1n) is 6.30. The van der Waals surface area contributed by atoms with Crippen molar-refractivity contribution in [2.75, 3.05) is 18.0 Å². The van der Waals surface area contributed by atoms with Gasteiger partial charge in [-0.25, -0.2) is 0 Å². The molecule has 3 rings (SSSR count). The second kappa shape index (κ2) is 4.62. The maximum Gasteiger partial charge on any atom is 0.0399 e. The van der Waals surface area contributed by atoms with Crippen molar-refractivity contribution in [1.29, 1.82) is 0 Å². The van der Waals surface area contributed by atoms with Crippen LogP contribution in [0.4, 0.5) is 5.69 Å². The number of hydrogen-bond acceptors (Lipinski definition) is 1. The van der Waals surface area contributed by atoms with Gasteiger partial charge in [-0.1, -0.05) is 48.5 Å². The molecule has 1 aliphatic heterocycles. The Kier molecular flexibility index (Phi) is 2.83. The fraction of sp³-hybridized carbons (Fsp3) is 0.250. The van der Waals surface area contributed by atoms with E-state index < -0.39 is 0 Å². The zero-order chi connectivity index (χ0) is 11.5. The minimum atomic E-state index is 1.13. The third-order valence-corrected chi connectivity index (χ3v) is 3.50. The fourth-order valence-corrected chi connectivity index (χ4v) is 2.55. The molecule has 0 bridgehead atoms. The number of benzene rings is 2. The van der Waals surface area contributed by atoms with E-state index in [2.05, 4.69) is 59.5 Å². The van der Waals surface area contributed by atoms with Crippen LogP contribution in [0.15, 0.2) is 54.6 Å². The van der Waals surface area contributed by atoms with Crippen LogP contribution in [0.25, 0.3) is 0 Å². The molecule has 1 heterocycles. The minimum absolute atomic E-state index is 1.13. The number of fused-ring (bicyclic) bond motifs is 1. The molecule has 0 amide bonds. The lowest BCUT2D eigenvalue weighted by Crippen LogP contribution is -2.23. The van der Waals surface area contributed by atoms with Gasteiger partial charge in [0.15, 0.2) is 0 Å². The molecule has 0 unspecified atom stereocenters. The summed E-state index contributed by atoms with van der Waals surface area (Å²) in [5.74, 6) is 0. The summed E-state index contributed by atoms with van der Waals surface area (Å²) in [5, 5.41) is 0. The molecule has 0 fully saturated rings. The maximum absolute atomic E-state index is 2.50. The Morgan fingerprint density at radius 1 is 0.882 bits per heavy atom. The molecule has 1 nitrogen and oxygen atoms in total. The summed E-state index contributed by atoms with van der Waals surface area (Å²) in [7, 11) is 0. The van der Waals surface area contributed by atoms with E-state index >= 15 is 0 Å². The smallest absolute Gasteiger partial charge is 0.0399 e. The van der Waals surface area contributed by atoms with Crippen LogP contribution in [0, 0.1) is 0 Å². The van der Waals surface area contributed by atoms with Gasteiger partial charge < -0.3 is 4.90 Å². The Morgan fingerprint density at radius 2 is 1.65 bits per heavy atom. The van der Waals surface area contributed by atoms with Gasteiger partial charge in [0.2, 0.25) is 0 Å². The van der Waals surface area contributed by atoms with E-state index in [0.717, 1.165) is 13.0 Å². The Bertz CT molecular complexity index is 490. The second-order valence-electron chi connectivity index (χ2n) is 4.60. The van der Waals surface area contributed by atoms with Gasteiger partial charge in [-0.2, -0.15) is 0 Å². The van der Waals surface area contributed by atoms with E-state index in [0.29, 0.717) is 0 Å². The summed E-state index contributed by atoms with van der Waals surface area (Å²) in [5.41, 5.74) is 4.36. The molecule has 0 aromatic heterocycles. The highest BCUT2D eigenvalue weighted by molar-refractivity contribution is 5.57. The lowest BCUT2D eigenvalue weighted by Gasteiger charge is -2.19. The predicted molar refractivity (Wildman–Crippen MR) is 72.5 cm³/mol. The molecule has 0 aliphatic carbocycles. The van der Waals surface area contributed by atoms with Gasteiger partial charge in [-0.15, -0.1) is 0 Å². The molecular weight excluding hydrogens is 206 g/mol. The van der Waals surface area contributed by atoms with Crippen molar-refractivity contribution < 1.29 is 0 Å². The van der Waals surface area contributed by atoms with Crippen LogP contribution >= 0.6 is 0 Å². The monoisotopic (exact) mass is 223 g/mol. The highest BCUT2D eigenvalue weighted by Gasteiger charge is 2.17. The minimum Gasteiger partial charge on any atom is -0.371 e. The standard InChI is InChI=1S/C16H17N/c1-2-6-14(7-3-1)10-12-17-13-11-15-8-4-5-9-16(15)17/h1-9H,10-13H2. The molecule has 17 heavy (non-hydrogen) atoms. The third-order valence-electron chi connectivity index (χ3n) is 3.50. The van der Waals surface area contributed by atoms with Crippen LogP contribution in [0.1, 0.15) is 11.1 Å². The zero-order valence-electron chi connectivity index (χ0n) is 9.97. The van der Waals surface area contributed by atoms with Crippen molar-refractivity contribution >= 4 is 5.69 Å². The van der Waals surface area contributed by atoms with Crippen LogP contribution < -0.4 is 4.90 Å². The first kappa shape index (κ1) is 10.4. The van der Waals surface area contributed by atoms with E-state index in [1.807, 2.05) is 0 Å². The van der Waals surface area contributed by atoms with Crippen LogP contribution in [0.2, 0.25) is 0 Å². The Morgan fingerprint density at radius 3 is 2.53 bits per heavy atom. The van der Waals surface area contributed by atoms with Crippen LogP contribution in [0.3, 0.4) is 0 Å². The number of hydrogen-bond donors (Lipinski definition) is 0. The first-order valence-corrected chi connectivity index (χ1v) is 6.30. The summed E-state index contributed by atoms with van der Waals surface area (Å²) in [6, 6.07) is 19.5. The highest BCUT2D eigenvalue weighted by Crippen LogP contribution is 2.27. The van der Waals surface area contributed by atoms with Gasteiger partial charge in [-0.05, 0) is 30.0 Å². The summed E-state index contributed by atoms with van der Waals surface area (Å²) in [6.07, 6.45) is 2.33. The molecule has 0 saturated carbocycles. The van der Waals surface area contributed by atoms with Crippen molar-refractivity contribution in [1.82, 2.24) is 0 Å². The third kappa shape index (κ3) is 2.19. The average molecular weight is 223 g/mol. The number of para-hydroxylation sites is 1. The maximum atomic E-state index is 2.50. The molecular formula is C16H17N. The molecule has 0 atom stereocenters. The van der Waals surface area contributed by atoms with Gasteiger partial charge in [0.1, 0.15) is 0 Å². The SMILES string of the molecule is c1ccc(CCN2CCc3ccccc32)cc1. The van der Waals surface area contributed by atoms with Gasteiger partial charge in [-0.3, -0.25) is 0 Å². The molecule has 0 spiro atoms. The molecule has 2 aromatic carbocycles. The first-order chi connectivity index (χ1) is 8.43. The Balaban J connectivity index is 1.68. The van der Waals surface area contributed by atoms with Crippen molar-refractivity contribution in [2.24, 2.45) is 0 Å². The number of rotatable bonds is 3. The van der Waals surface area contributed by atoms with Gasteiger partial charge in [0.05, 0.1) is 0 Å². The van der Waals surface area contributed by atoms with E-state index in [1.165, 1.54) is 29.8 Å². The molecule has 86 valence electrons. The van der Waals surface area contributed by atoms with E-state index in [-0.39, 0.29) is 0 Å². The predicted octanol–water partition coefficient (Wildman–Crippen LogP) is 3.29. The van der Waals surface area contributed by atoms with Crippen LogP contribution in [0.5, 0.6) is 0 Å². The quantitative estimate of drug-likeness (QED) is 0.771. The van der Waals surface area contributed by atoms with E-state index in [4.69, 9.17) is 0 Å². The largest absolute Gasteiger partial charge is 0.371 e. The topological polar surface area (TPSA) is 3.24 Å². The van der Waals surface area contributed by atoms with Crippen molar-refractivity contribution in [3.8, 4) is 0 Å². The van der Waals surface area contributed by atoms with Gasteiger partial charge in [0, 0.05) is 18.8 Å². The molecule has 0 N–H and O–H groups in total. The lowest BCUT2D eigenvalue weighted by atomic mass is 10.1. The summed E-state index contributed by atoms with van der Waals surface area (Å²) in [4.78, 5) is 2.50. The lowest BCUT2D eigenvalue weighted by molar-refractivity contribution is 0.813. The Labute approximate surface area is 103 Å². The van der Waals surface area contributed by atoms with Crippen molar-refractivity contribution in [3.63, 3.8) is 0 Å². The molecule has 1 heteroatoms. The fourth-order valence-electron chi connectivity index (χ4n) is 2.55. The average Bonchev–Trinajstić information content (AvgIpc) is 2.81. The molecule has 2 aromatic rings. The molecule has 0 saturated heterocycles. The van der Waals surface area contributed by atoms with Crippen molar-refractivity contribution in [2.45, 2.75) is 12.8 Å². The van der Waals surface area contributed by atoms with E-state index in [9.17, 15) is 0 Å². The molecule has 0 radical (unpaired) electrons. The summed E-state index contributed by atoms with van der Waals surface area (Å²) < 4.78 is 0. The second-order valence-corrected chi connectivity index (χ2v) is 4.60. The Hall–Kier alpha value is -1.76. The van der Waals surface area contributed by atoms with E-state index in [1.54, 1.807) is 0 Å². The summed E-state index contributed by atoms with van der Waals surface area (Å²) in [6.45, 7) is 2.30. The normalized spacial score (nSPS) is 13.8. The van der Waals surface area contributed by atoms with Crippen molar-refractivity contribution in [3.05, 3.63) is 65.7 Å². The van der Waals surface area contributed by atoms with Crippen LogP contribution in [-0.2, 0) is 12.8 Å². The highest BCUT2D eigenvalue weighted by atomic mass is 15.1. The van der Waals surface area contributed by atoms with Gasteiger partial charge >= 0.3 is 0 Å². The zero-order valence-corrected chi connectivity index (χ0v) is 9.97. The number of anilines is 1. The summed E-state index contributed by atoms with van der Waals surface area (Å²) >= 11 is 0. The number of nitrogens with zero attached hydrogens (tertiary/aromatic N) is 1. The molecule has 1 aliphatic rings.